The van der Waals surface area contributed by atoms with E-state index in [1.54, 1.807) is 0 Å². The summed E-state index contributed by atoms with van der Waals surface area (Å²) in [6, 6.07) is 9.45. The summed E-state index contributed by atoms with van der Waals surface area (Å²) in [5, 5.41) is 3.40. The smallest absolute Gasteiger partial charge is 0.0340 e. The first-order valence-electron chi connectivity index (χ1n) is 6.18. The molecule has 1 aromatic carbocycles. The van der Waals surface area contributed by atoms with Crippen molar-refractivity contribution in [3.05, 3.63) is 34.3 Å². The van der Waals surface area contributed by atoms with Gasteiger partial charge >= 0.3 is 0 Å². The van der Waals surface area contributed by atoms with Gasteiger partial charge in [-0.3, -0.25) is 0 Å². The second-order valence-electron chi connectivity index (χ2n) is 4.73. The lowest BCUT2D eigenvalue weighted by Gasteiger charge is -2.25. The van der Waals surface area contributed by atoms with Gasteiger partial charge in [-0.05, 0) is 52.5 Å². The molecule has 0 heterocycles. The third kappa shape index (κ3) is 4.41. The predicted molar refractivity (Wildman–Crippen MR) is 78.3 cm³/mol. The van der Waals surface area contributed by atoms with Crippen molar-refractivity contribution in [1.82, 2.24) is 10.2 Å². The Morgan fingerprint density at radius 1 is 1.29 bits per heavy atom. The van der Waals surface area contributed by atoms with Crippen LogP contribution in [-0.4, -0.2) is 31.6 Å². The Bertz CT molecular complexity index is 339. The van der Waals surface area contributed by atoms with Gasteiger partial charge in [-0.1, -0.05) is 34.1 Å². The van der Waals surface area contributed by atoms with E-state index in [1.807, 2.05) is 7.05 Å². The Hall–Kier alpha value is -0.380. The van der Waals surface area contributed by atoms with Gasteiger partial charge < -0.3 is 10.2 Å². The average molecular weight is 299 g/mol. The molecule has 1 N–H and O–H groups in total. The van der Waals surface area contributed by atoms with Gasteiger partial charge in [-0.2, -0.15) is 0 Å². The quantitative estimate of drug-likeness (QED) is 0.865. The largest absolute Gasteiger partial charge is 0.313 e. The molecular weight excluding hydrogens is 276 g/mol. The second kappa shape index (κ2) is 7.14. The minimum atomic E-state index is 0.409. The minimum absolute atomic E-state index is 0.409. The molecule has 1 rings (SSSR count). The zero-order valence-electron chi connectivity index (χ0n) is 11.2. The number of rotatable bonds is 6. The van der Waals surface area contributed by atoms with Crippen molar-refractivity contribution in [2.45, 2.75) is 32.4 Å². The van der Waals surface area contributed by atoms with Crippen molar-refractivity contribution in [1.29, 1.82) is 0 Å². The van der Waals surface area contributed by atoms with Crippen molar-refractivity contribution >= 4 is 15.9 Å². The van der Waals surface area contributed by atoms with Gasteiger partial charge in [0, 0.05) is 16.6 Å². The van der Waals surface area contributed by atoms with Gasteiger partial charge in [0.05, 0.1) is 0 Å². The zero-order chi connectivity index (χ0) is 12.8. The molecule has 0 saturated carbocycles. The van der Waals surface area contributed by atoms with E-state index in [1.165, 1.54) is 10.0 Å². The third-order valence-corrected chi connectivity index (χ3v) is 4.00. The standard InChI is InChI=1S/C14H23BrN2/c1-11(2)17(4)10-9-14(16-3)12-7-5-6-8-13(12)15/h5-8,11,14,16H,9-10H2,1-4H3. The van der Waals surface area contributed by atoms with Gasteiger partial charge in [-0.15, -0.1) is 0 Å². The van der Waals surface area contributed by atoms with Crippen LogP contribution in [0.2, 0.25) is 0 Å². The van der Waals surface area contributed by atoms with Crippen LogP contribution in [0.15, 0.2) is 28.7 Å². The molecule has 17 heavy (non-hydrogen) atoms. The number of hydrogen-bond acceptors (Lipinski definition) is 2. The zero-order valence-corrected chi connectivity index (χ0v) is 12.8. The molecular formula is C14H23BrN2. The van der Waals surface area contributed by atoms with Crippen molar-refractivity contribution < 1.29 is 0 Å². The maximum atomic E-state index is 3.62. The first-order chi connectivity index (χ1) is 8.06. The normalized spacial score (nSPS) is 13.4. The van der Waals surface area contributed by atoms with Crippen LogP contribution in [0.5, 0.6) is 0 Å². The summed E-state index contributed by atoms with van der Waals surface area (Å²) in [6.07, 6.45) is 1.12. The van der Waals surface area contributed by atoms with Crippen LogP contribution < -0.4 is 5.32 Å². The third-order valence-electron chi connectivity index (χ3n) is 3.28. The Balaban J connectivity index is 2.64. The fraction of sp³-hybridized carbons (Fsp3) is 0.571. The number of hydrogen-bond donors (Lipinski definition) is 1. The van der Waals surface area contributed by atoms with Crippen molar-refractivity contribution in [2.24, 2.45) is 0 Å². The SMILES string of the molecule is CNC(CCN(C)C(C)C)c1ccccc1Br. The molecule has 0 spiro atoms. The van der Waals surface area contributed by atoms with Gasteiger partial charge in [0.15, 0.2) is 0 Å². The Kier molecular flexibility index (Phi) is 6.17. The van der Waals surface area contributed by atoms with Crippen molar-refractivity contribution in [3.8, 4) is 0 Å². The summed E-state index contributed by atoms with van der Waals surface area (Å²) < 4.78 is 1.19. The molecule has 1 atom stereocenters. The number of halogens is 1. The van der Waals surface area contributed by atoms with Crippen molar-refractivity contribution in [3.63, 3.8) is 0 Å². The van der Waals surface area contributed by atoms with Crippen molar-refractivity contribution in [2.75, 3.05) is 20.6 Å². The molecule has 1 unspecified atom stereocenters. The molecule has 0 aliphatic carbocycles. The number of nitrogens with zero attached hydrogens (tertiary/aromatic N) is 1. The van der Waals surface area contributed by atoms with E-state index < -0.39 is 0 Å². The summed E-state index contributed by atoms with van der Waals surface area (Å²) in [5.41, 5.74) is 1.34. The van der Waals surface area contributed by atoms with Crippen LogP contribution in [0.1, 0.15) is 31.9 Å². The molecule has 0 radical (unpaired) electrons. The number of benzene rings is 1. The first kappa shape index (κ1) is 14.7. The fourth-order valence-electron chi connectivity index (χ4n) is 1.80. The van der Waals surface area contributed by atoms with Gasteiger partial charge in [0.1, 0.15) is 0 Å². The minimum Gasteiger partial charge on any atom is -0.313 e. The lowest BCUT2D eigenvalue weighted by Crippen LogP contribution is -2.30. The van der Waals surface area contributed by atoms with Crippen LogP contribution in [0, 0.1) is 0 Å². The van der Waals surface area contributed by atoms with E-state index >= 15 is 0 Å². The average Bonchev–Trinajstić information content (AvgIpc) is 2.31. The van der Waals surface area contributed by atoms with E-state index in [-0.39, 0.29) is 0 Å². The van der Waals surface area contributed by atoms with Crippen LogP contribution in [-0.2, 0) is 0 Å². The second-order valence-corrected chi connectivity index (χ2v) is 5.58. The highest BCUT2D eigenvalue weighted by Gasteiger charge is 2.13. The first-order valence-corrected chi connectivity index (χ1v) is 6.97. The van der Waals surface area contributed by atoms with Gasteiger partial charge in [-0.25, -0.2) is 0 Å². The van der Waals surface area contributed by atoms with Gasteiger partial charge in [0.2, 0.25) is 0 Å². The molecule has 0 fully saturated rings. The van der Waals surface area contributed by atoms with E-state index in [2.05, 4.69) is 71.3 Å². The summed E-state index contributed by atoms with van der Waals surface area (Å²) in [6.45, 7) is 5.56. The Morgan fingerprint density at radius 2 is 1.94 bits per heavy atom. The van der Waals surface area contributed by atoms with E-state index in [4.69, 9.17) is 0 Å². The Labute approximate surface area is 114 Å². The van der Waals surface area contributed by atoms with E-state index in [0.29, 0.717) is 12.1 Å². The highest BCUT2D eigenvalue weighted by atomic mass is 79.9. The van der Waals surface area contributed by atoms with Crippen LogP contribution in [0.3, 0.4) is 0 Å². The summed E-state index contributed by atoms with van der Waals surface area (Å²) >= 11 is 3.62. The molecule has 1 aromatic rings. The molecule has 0 aliphatic rings. The monoisotopic (exact) mass is 298 g/mol. The van der Waals surface area contributed by atoms with Gasteiger partial charge in [0.25, 0.3) is 0 Å². The summed E-state index contributed by atoms with van der Waals surface area (Å²) in [5.74, 6) is 0. The number of nitrogens with one attached hydrogen (secondary N) is 1. The summed E-state index contributed by atoms with van der Waals surface area (Å²) in [7, 11) is 4.21. The van der Waals surface area contributed by atoms with E-state index in [9.17, 15) is 0 Å². The summed E-state index contributed by atoms with van der Waals surface area (Å²) in [4.78, 5) is 2.38. The Morgan fingerprint density at radius 3 is 2.47 bits per heavy atom. The lowest BCUT2D eigenvalue weighted by molar-refractivity contribution is 0.258. The maximum Gasteiger partial charge on any atom is 0.0340 e. The molecule has 96 valence electrons. The predicted octanol–water partition coefficient (Wildman–Crippen LogP) is 3.44. The fourth-order valence-corrected chi connectivity index (χ4v) is 2.37. The molecule has 0 amide bonds. The lowest BCUT2D eigenvalue weighted by atomic mass is 10.0. The highest BCUT2D eigenvalue weighted by molar-refractivity contribution is 9.10. The molecule has 2 nitrogen and oxygen atoms in total. The van der Waals surface area contributed by atoms with Crippen LogP contribution in [0.4, 0.5) is 0 Å². The van der Waals surface area contributed by atoms with E-state index in [0.717, 1.165) is 13.0 Å². The molecule has 0 aliphatic heterocycles. The van der Waals surface area contributed by atoms with Crippen LogP contribution in [0.25, 0.3) is 0 Å². The topological polar surface area (TPSA) is 15.3 Å². The molecule has 0 aromatic heterocycles. The molecule has 0 bridgehead atoms. The highest BCUT2D eigenvalue weighted by Crippen LogP contribution is 2.25. The van der Waals surface area contributed by atoms with Crippen LogP contribution >= 0.6 is 15.9 Å². The molecule has 3 heteroatoms. The molecule has 0 saturated heterocycles. The maximum absolute atomic E-state index is 3.62.